The molecule has 0 saturated heterocycles. The molecular formula is C26H31N7O5S. The number of H-pyrrole nitrogens is 1. The zero-order valence-corrected chi connectivity index (χ0v) is 22.7. The van der Waals surface area contributed by atoms with Crippen molar-refractivity contribution in [1.29, 1.82) is 0 Å². The molecule has 13 heteroatoms. The van der Waals surface area contributed by atoms with Crippen LogP contribution in [-0.4, -0.2) is 64.3 Å². The van der Waals surface area contributed by atoms with Crippen LogP contribution in [0.2, 0.25) is 0 Å². The Balaban J connectivity index is 1.41. The molecule has 0 aliphatic carbocycles. The van der Waals surface area contributed by atoms with Gasteiger partial charge in [-0.1, -0.05) is 24.3 Å². The standard InChI is InChI=1S/C26H31N7O5S/c1-16-6-4-7-17(2)23(16)39(37,38)32-21(25(35)36)15-30-24(34)18-9-10-19-20(31-33(3)22(19)14-18)8-5-11-27-26-28-12-13-29-26/h4,6-7,9-10,12-14,21,32H,5,8,11,15H2,1-3H3,(H,30,34)(H,35,36)(H2,27,28,29)/t21-/m0/s1. The average Bonchev–Trinajstić information content (AvgIpc) is 3.51. The average molecular weight is 554 g/mol. The van der Waals surface area contributed by atoms with Crippen molar-refractivity contribution in [2.24, 2.45) is 7.05 Å². The van der Waals surface area contributed by atoms with Crippen molar-refractivity contribution >= 4 is 38.8 Å². The van der Waals surface area contributed by atoms with Crippen LogP contribution in [0.3, 0.4) is 0 Å². The lowest BCUT2D eigenvalue weighted by molar-refractivity contribution is -0.138. The van der Waals surface area contributed by atoms with Crippen molar-refractivity contribution in [3.63, 3.8) is 0 Å². The highest BCUT2D eigenvalue weighted by Crippen LogP contribution is 2.22. The van der Waals surface area contributed by atoms with Gasteiger partial charge in [0.05, 0.1) is 16.1 Å². The second-order valence-corrected chi connectivity index (χ2v) is 10.9. The number of anilines is 1. The summed E-state index contributed by atoms with van der Waals surface area (Å²) in [5, 5.41) is 20.9. The number of aliphatic carboxylic acids is 1. The Kier molecular flexibility index (Phi) is 8.31. The van der Waals surface area contributed by atoms with E-state index in [1.54, 1.807) is 68.3 Å². The number of hydrogen-bond donors (Lipinski definition) is 5. The molecule has 0 aliphatic heterocycles. The van der Waals surface area contributed by atoms with E-state index >= 15 is 0 Å². The molecule has 1 atom stereocenters. The lowest BCUT2D eigenvalue weighted by atomic mass is 10.1. The number of aromatic amines is 1. The molecule has 0 saturated carbocycles. The molecule has 5 N–H and O–H groups in total. The van der Waals surface area contributed by atoms with Crippen molar-refractivity contribution in [2.75, 3.05) is 18.4 Å². The number of carbonyl (C=O) groups excluding carboxylic acids is 1. The highest BCUT2D eigenvalue weighted by atomic mass is 32.2. The summed E-state index contributed by atoms with van der Waals surface area (Å²) in [7, 11) is -2.35. The lowest BCUT2D eigenvalue weighted by Gasteiger charge is -2.18. The molecule has 0 spiro atoms. The second kappa shape index (κ2) is 11.7. The van der Waals surface area contributed by atoms with Crippen molar-refractivity contribution in [3.05, 3.63) is 71.2 Å². The molecule has 4 rings (SSSR count). The summed E-state index contributed by atoms with van der Waals surface area (Å²) >= 11 is 0. The summed E-state index contributed by atoms with van der Waals surface area (Å²) in [5.74, 6) is -1.22. The smallest absolute Gasteiger partial charge is 0.323 e. The van der Waals surface area contributed by atoms with Gasteiger partial charge in [0.15, 0.2) is 5.95 Å². The van der Waals surface area contributed by atoms with E-state index in [9.17, 15) is 23.1 Å². The van der Waals surface area contributed by atoms with Gasteiger partial charge in [0.1, 0.15) is 6.04 Å². The van der Waals surface area contributed by atoms with E-state index in [0.717, 1.165) is 29.4 Å². The predicted molar refractivity (Wildman–Crippen MR) is 146 cm³/mol. The zero-order chi connectivity index (χ0) is 28.2. The van der Waals surface area contributed by atoms with E-state index in [4.69, 9.17) is 0 Å². The van der Waals surface area contributed by atoms with Gasteiger partial charge in [0.2, 0.25) is 10.0 Å². The fourth-order valence-electron chi connectivity index (χ4n) is 4.43. The van der Waals surface area contributed by atoms with Gasteiger partial charge in [-0.25, -0.2) is 13.4 Å². The molecule has 39 heavy (non-hydrogen) atoms. The van der Waals surface area contributed by atoms with Crippen LogP contribution >= 0.6 is 0 Å². The number of nitrogens with one attached hydrogen (secondary N) is 4. The number of carboxylic acids is 1. The summed E-state index contributed by atoms with van der Waals surface area (Å²) in [4.78, 5) is 31.8. The SMILES string of the molecule is Cc1cccc(C)c1S(=O)(=O)N[C@@H](CNC(=O)c1ccc2c(CCCNc3ncc[nH]3)nn(C)c2c1)C(=O)O. The van der Waals surface area contributed by atoms with E-state index in [1.165, 1.54) is 0 Å². The number of fused-ring (bicyclic) bond motifs is 1. The first-order valence-corrected chi connectivity index (χ1v) is 13.8. The summed E-state index contributed by atoms with van der Waals surface area (Å²) < 4.78 is 29.8. The Morgan fingerprint density at radius 1 is 1.15 bits per heavy atom. The van der Waals surface area contributed by atoms with Crippen LogP contribution in [0.15, 0.2) is 53.7 Å². The maximum absolute atomic E-state index is 12.9. The first-order valence-electron chi connectivity index (χ1n) is 12.3. The highest BCUT2D eigenvalue weighted by molar-refractivity contribution is 7.89. The van der Waals surface area contributed by atoms with Gasteiger partial charge in [0, 0.05) is 43.5 Å². The monoisotopic (exact) mass is 553 g/mol. The minimum atomic E-state index is -4.14. The number of rotatable bonds is 12. The molecule has 2 aromatic heterocycles. The van der Waals surface area contributed by atoms with Crippen LogP contribution in [-0.2, 0) is 28.3 Å². The van der Waals surface area contributed by atoms with Gasteiger partial charge in [-0.3, -0.25) is 14.3 Å². The number of aryl methyl sites for hydroxylation is 4. The minimum absolute atomic E-state index is 0.0248. The number of carboxylic acid groups (broad SMARTS) is 1. The number of sulfonamides is 1. The molecule has 0 fully saturated rings. The third-order valence-corrected chi connectivity index (χ3v) is 8.09. The molecule has 2 heterocycles. The summed E-state index contributed by atoms with van der Waals surface area (Å²) in [5.41, 5.74) is 2.94. The maximum Gasteiger partial charge on any atom is 0.323 e. The summed E-state index contributed by atoms with van der Waals surface area (Å²) in [6, 6.07) is 8.57. The van der Waals surface area contributed by atoms with Crippen molar-refractivity contribution in [3.8, 4) is 0 Å². The van der Waals surface area contributed by atoms with Crippen LogP contribution < -0.4 is 15.4 Å². The minimum Gasteiger partial charge on any atom is -0.480 e. The molecular weight excluding hydrogens is 522 g/mol. The first kappa shape index (κ1) is 27.8. The van der Waals surface area contributed by atoms with Gasteiger partial charge < -0.3 is 20.7 Å². The number of benzene rings is 2. The molecule has 0 unspecified atom stereocenters. The molecule has 1 amide bonds. The van der Waals surface area contributed by atoms with Crippen molar-refractivity contribution < 1.29 is 23.1 Å². The number of nitrogens with zero attached hydrogens (tertiary/aromatic N) is 3. The molecule has 0 aliphatic rings. The number of hydrogen-bond acceptors (Lipinski definition) is 7. The van der Waals surface area contributed by atoms with E-state index < -0.39 is 34.5 Å². The molecule has 206 valence electrons. The van der Waals surface area contributed by atoms with Gasteiger partial charge in [-0.2, -0.15) is 9.82 Å². The predicted octanol–water partition coefficient (Wildman–Crippen LogP) is 2.12. The maximum atomic E-state index is 12.9. The summed E-state index contributed by atoms with van der Waals surface area (Å²) in [6.45, 7) is 3.55. The molecule has 0 bridgehead atoms. The second-order valence-electron chi connectivity index (χ2n) is 9.21. The van der Waals surface area contributed by atoms with E-state index in [0.29, 0.717) is 29.2 Å². The van der Waals surface area contributed by atoms with Crippen LogP contribution in [0.4, 0.5) is 5.95 Å². The van der Waals surface area contributed by atoms with E-state index in [-0.39, 0.29) is 4.90 Å². The third kappa shape index (κ3) is 6.44. The van der Waals surface area contributed by atoms with Crippen molar-refractivity contribution in [1.82, 2.24) is 29.8 Å². The third-order valence-electron chi connectivity index (χ3n) is 6.31. The zero-order valence-electron chi connectivity index (χ0n) is 21.9. The van der Waals surface area contributed by atoms with E-state index in [2.05, 4.69) is 30.4 Å². The Bertz CT molecular complexity index is 1580. The number of amides is 1. The first-order chi connectivity index (χ1) is 18.6. The Morgan fingerprint density at radius 2 is 1.90 bits per heavy atom. The number of aromatic nitrogens is 4. The Labute approximate surface area is 225 Å². The van der Waals surface area contributed by atoms with Gasteiger partial charge in [-0.05, 0) is 49.9 Å². The van der Waals surface area contributed by atoms with E-state index in [1.807, 2.05) is 6.07 Å². The van der Waals surface area contributed by atoms with Crippen LogP contribution in [0.25, 0.3) is 10.9 Å². The molecule has 4 aromatic rings. The van der Waals surface area contributed by atoms with Crippen LogP contribution in [0, 0.1) is 13.8 Å². The summed E-state index contributed by atoms with van der Waals surface area (Å²) in [6.07, 6.45) is 4.96. The van der Waals surface area contributed by atoms with Crippen LogP contribution in [0.1, 0.15) is 33.6 Å². The van der Waals surface area contributed by atoms with Crippen LogP contribution in [0.5, 0.6) is 0 Å². The Hall–Kier alpha value is -4.23. The molecule has 2 aromatic carbocycles. The highest BCUT2D eigenvalue weighted by Gasteiger charge is 2.28. The quantitative estimate of drug-likeness (QED) is 0.166. The number of carbonyl (C=O) groups is 2. The van der Waals surface area contributed by atoms with Crippen molar-refractivity contribution in [2.45, 2.75) is 37.6 Å². The molecule has 0 radical (unpaired) electrons. The van der Waals surface area contributed by atoms with Gasteiger partial charge in [-0.15, -0.1) is 0 Å². The van der Waals surface area contributed by atoms with Gasteiger partial charge >= 0.3 is 5.97 Å². The number of imidazole rings is 1. The lowest BCUT2D eigenvalue weighted by Crippen LogP contribution is -2.48. The molecule has 12 nitrogen and oxygen atoms in total. The fourth-order valence-corrected chi connectivity index (χ4v) is 6.09. The Morgan fingerprint density at radius 3 is 2.56 bits per heavy atom. The van der Waals surface area contributed by atoms with Gasteiger partial charge in [0.25, 0.3) is 5.91 Å². The normalized spacial score (nSPS) is 12.4. The topological polar surface area (TPSA) is 171 Å². The fraction of sp³-hybridized carbons (Fsp3) is 0.308. The largest absolute Gasteiger partial charge is 0.480 e.